The molecule has 0 unspecified atom stereocenters. The quantitative estimate of drug-likeness (QED) is 0.00515. The van der Waals surface area contributed by atoms with Crippen LogP contribution in [0.5, 0.6) is 11.5 Å². The number of methoxy groups -OCH3 is 1. The van der Waals surface area contributed by atoms with Crippen molar-refractivity contribution < 1.29 is 74.5 Å². The van der Waals surface area contributed by atoms with E-state index < -0.39 is 106 Å². The van der Waals surface area contributed by atoms with E-state index in [1.807, 2.05) is 6.07 Å². The van der Waals surface area contributed by atoms with E-state index in [0.717, 1.165) is 18.7 Å². The van der Waals surface area contributed by atoms with E-state index in [1.165, 1.54) is 37.4 Å². The van der Waals surface area contributed by atoms with Crippen molar-refractivity contribution in [2.24, 2.45) is 0 Å². The van der Waals surface area contributed by atoms with Crippen molar-refractivity contribution in [2.75, 3.05) is 20.7 Å². The van der Waals surface area contributed by atoms with Gasteiger partial charge in [0.25, 0.3) is 5.69 Å². The van der Waals surface area contributed by atoms with Gasteiger partial charge in [-0.3, -0.25) is 14.9 Å². The third-order valence-corrected chi connectivity index (χ3v) is 11.5. The Hall–Kier alpha value is -8.92. The maximum Gasteiger partial charge on any atom is 0.408 e. The van der Waals surface area contributed by atoms with Gasteiger partial charge in [-0.25, -0.2) is 32.3 Å². The first kappa shape index (κ1) is 56.4. The number of nitrogens with zero attached hydrogens (tertiary/aromatic N) is 1. The van der Waals surface area contributed by atoms with Crippen LogP contribution in [-0.4, -0.2) is 73.8 Å². The van der Waals surface area contributed by atoms with E-state index in [0.29, 0.717) is 17.5 Å². The normalized spacial score (nSPS) is 12.0. The molecule has 0 aliphatic carbocycles. The number of carbonyl (C=O) groups is 5. The number of alkyl carbamates (subject to hydrolysis) is 2. The highest BCUT2D eigenvalue weighted by Gasteiger charge is 2.33. The Morgan fingerprint density at radius 3 is 1.64 bits per heavy atom. The molecule has 0 bridgehead atoms. The summed E-state index contributed by atoms with van der Waals surface area (Å²) in [7, 11) is 2.57. The molecule has 17 nitrogen and oxygen atoms in total. The van der Waals surface area contributed by atoms with Crippen molar-refractivity contribution in [2.45, 2.75) is 63.6 Å². The number of nitro benzene ring substituents is 1. The summed E-state index contributed by atoms with van der Waals surface area (Å²) in [6, 6.07) is 30.0. The number of amides is 3. The van der Waals surface area contributed by atoms with Gasteiger partial charge in [-0.1, -0.05) is 97.1 Å². The molecular formula is C54H50F5N5O12. The van der Waals surface area contributed by atoms with Crippen LogP contribution in [0.25, 0.3) is 11.1 Å². The van der Waals surface area contributed by atoms with Gasteiger partial charge in [-0.05, 0) is 77.5 Å². The fourth-order valence-corrected chi connectivity index (χ4v) is 7.57. The molecule has 0 saturated heterocycles. The highest BCUT2D eigenvalue weighted by Crippen LogP contribution is 2.34. The van der Waals surface area contributed by atoms with E-state index in [-0.39, 0.29) is 60.8 Å². The van der Waals surface area contributed by atoms with Crippen LogP contribution in [0.2, 0.25) is 0 Å². The number of rotatable bonds is 24. The maximum absolute atomic E-state index is 14.9. The third kappa shape index (κ3) is 15.6. The van der Waals surface area contributed by atoms with E-state index >= 15 is 0 Å². The minimum atomic E-state index is -2.51. The van der Waals surface area contributed by atoms with Crippen LogP contribution in [0.4, 0.5) is 37.2 Å². The molecule has 3 atom stereocenters. The average molecular weight is 1060 g/mol. The summed E-state index contributed by atoms with van der Waals surface area (Å²) < 4.78 is 98.6. The van der Waals surface area contributed by atoms with Gasteiger partial charge < -0.3 is 45.0 Å². The second-order valence-corrected chi connectivity index (χ2v) is 16.7. The number of esters is 2. The molecule has 22 heteroatoms. The van der Waals surface area contributed by atoms with E-state index in [1.54, 1.807) is 84.9 Å². The van der Waals surface area contributed by atoms with Gasteiger partial charge in [0, 0.05) is 31.0 Å². The predicted octanol–water partition coefficient (Wildman–Crippen LogP) is 8.47. The van der Waals surface area contributed by atoms with Crippen LogP contribution < -0.4 is 30.7 Å². The molecule has 0 saturated carbocycles. The molecule has 0 aromatic heterocycles. The van der Waals surface area contributed by atoms with E-state index in [4.69, 9.17) is 23.7 Å². The molecule has 0 radical (unpaired) electrons. The molecule has 6 rings (SSSR count). The van der Waals surface area contributed by atoms with Gasteiger partial charge in [0.05, 0.1) is 18.1 Å². The Morgan fingerprint density at radius 2 is 1.09 bits per heavy atom. The number of hydrogen-bond acceptors (Lipinski definition) is 13. The molecule has 3 amide bonds. The predicted molar refractivity (Wildman–Crippen MR) is 263 cm³/mol. The van der Waals surface area contributed by atoms with Gasteiger partial charge in [0.2, 0.25) is 40.7 Å². The Balaban J connectivity index is 1.27. The molecule has 0 aliphatic rings. The SMILES string of the molecule is CN[C@@H](CCCNC(=O)OCc1ccccc1)C(=O)N[C@@H](Cc1cc(-c2ccc(OCc3ccccc3)c(C[C@H](NC(=O)OCc3ccccc3)C(=O)Oc3c(F)c(F)c(F)c(F)c3F)c2)ccc1[N+](=O)[O-])C(=O)OC. The lowest BCUT2D eigenvalue weighted by atomic mass is 9.95. The summed E-state index contributed by atoms with van der Waals surface area (Å²) in [6.07, 6.45) is -2.55. The average Bonchev–Trinajstić information content (AvgIpc) is 3.43. The van der Waals surface area contributed by atoms with E-state index in [9.17, 15) is 56.0 Å². The molecule has 398 valence electrons. The Morgan fingerprint density at radius 1 is 0.592 bits per heavy atom. The first-order valence-electron chi connectivity index (χ1n) is 23.3. The summed E-state index contributed by atoms with van der Waals surface area (Å²) in [5.74, 6) is -17.4. The molecule has 0 heterocycles. The van der Waals surface area contributed by atoms with Crippen molar-refractivity contribution in [3.05, 3.63) is 194 Å². The first-order valence-corrected chi connectivity index (χ1v) is 23.3. The largest absolute Gasteiger partial charge is 0.489 e. The summed E-state index contributed by atoms with van der Waals surface area (Å²) in [4.78, 5) is 77.9. The monoisotopic (exact) mass is 1060 g/mol. The van der Waals surface area contributed by atoms with Gasteiger partial charge in [-0.15, -0.1) is 0 Å². The highest BCUT2D eigenvalue weighted by atomic mass is 19.2. The lowest BCUT2D eigenvalue weighted by Crippen LogP contribution is -2.50. The van der Waals surface area contributed by atoms with Gasteiger partial charge in [-0.2, -0.15) is 8.78 Å². The van der Waals surface area contributed by atoms with Crippen molar-refractivity contribution in [3.8, 4) is 22.6 Å². The van der Waals surface area contributed by atoms with Gasteiger partial charge in [0.15, 0.2) is 0 Å². The zero-order valence-corrected chi connectivity index (χ0v) is 40.7. The van der Waals surface area contributed by atoms with Crippen LogP contribution in [0.3, 0.4) is 0 Å². The minimum Gasteiger partial charge on any atom is -0.489 e. The number of likely N-dealkylation sites (N-methyl/N-ethyl adjacent to an activating group) is 1. The molecule has 0 fully saturated rings. The zero-order valence-electron chi connectivity index (χ0n) is 40.7. The smallest absolute Gasteiger partial charge is 0.408 e. The van der Waals surface area contributed by atoms with Crippen LogP contribution in [0.15, 0.2) is 127 Å². The zero-order chi connectivity index (χ0) is 54.7. The number of benzene rings is 6. The summed E-state index contributed by atoms with van der Waals surface area (Å²) in [5, 5.41) is 22.7. The summed E-state index contributed by atoms with van der Waals surface area (Å²) >= 11 is 0. The minimum absolute atomic E-state index is 0.0459. The molecular weight excluding hydrogens is 1010 g/mol. The van der Waals surface area contributed by atoms with Crippen LogP contribution in [0.1, 0.15) is 40.7 Å². The number of hydrogen-bond donors (Lipinski definition) is 4. The molecule has 4 N–H and O–H groups in total. The standard InChI is InChI=1S/C54H50F5N5O12/c1-60-39(19-12-24-61-53(68)74-30-33-15-8-4-9-16-33)50(65)62-40(51(66)72-2)27-37-25-35(20-22-42(37)64(70)71)36-21-23-43(73-29-32-13-6-3-7-14-32)38(26-36)28-41(63-54(69)75-31-34-17-10-5-11-18-34)52(67)76-49-47(58)45(56)44(55)46(57)48(49)59/h3-11,13-18,20-23,25-26,39-41,60H,12,19,24,27-31H2,1-2H3,(H,61,68)(H,62,65)(H,63,69)/t39-,40-,41-/m0/s1. The van der Waals surface area contributed by atoms with Crippen molar-refractivity contribution in [1.29, 1.82) is 0 Å². The lowest BCUT2D eigenvalue weighted by molar-refractivity contribution is -0.385. The van der Waals surface area contributed by atoms with Crippen LogP contribution in [-0.2, 0) is 61.3 Å². The van der Waals surface area contributed by atoms with Crippen molar-refractivity contribution >= 4 is 35.7 Å². The van der Waals surface area contributed by atoms with Crippen LogP contribution >= 0.6 is 0 Å². The molecule has 6 aromatic carbocycles. The van der Waals surface area contributed by atoms with Crippen LogP contribution in [0, 0.1) is 39.2 Å². The Kier molecular flexibility index (Phi) is 20.3. The molecule has 0 spiro atoms. The van der Waals surface area contributed by atoms with E-state index in [2.05, 4.69) is 21.3 Å². The Labute approximate surface area is 431 Å². The van der Waals surface area contributed by atoms with Gasteiger partial charge >= 0.3 is 24.1 Å². The fraction of sp³-hybridized carbons (Fsp3) is 0.241. The number of nitro groups is 1. The number of nitrogens with one attached hydrogen (secondary N) is 4. The first-order chi connectivity index (χ1) is 36.6. The molecule has 6 aromatic rings. The van der Waals surface area contributed by atoms with Crippen molar-refractivity contribution in [1.82, 2.24) is 21.3 Å². The number of ether oxygens (including phenoxy) is 5. The topological polar surface area (TPSA) is 223 Å². The van der Waals surface area contributed by atoms with Crippen molar-refractivity contribution in [3.63, 3.8) is 0 Å². The lowest BCUT2D eigenvalue weighted by Gasteiger charge is -2.22. The molecule has 0 aliphatic heterocycles. The second kappa shape index (κ2) is 27.4. The maximum atomic E-state index is 14.9. The summed E-state index contributed by atoms with van der Waals surface area (Å²) in [6.45, 7) is -0.185. The second-order valence-electron chi connectivity index (χ2n) is 16.7. The Bertz CT molecular complexity index is 2980. The number of carbonyl (C=O) groups excluding carboxylic acids is 5. The fourth-order valence-electron chi connectivity index (χ4n) is 7.57. The summed E-state index contributed by atoms with van der Waals surface area (Å²) in [5.41, 5.74) is 2.13. The molecule has 76 heavy (non-hydrogen) atoms. The highest BCUT2D eigenvalue weighted by molar-refractivity contribution is 5.88. The third-order valence-electron chi connectivity index (χ3n) is 11.5. The number of halogens is 5. The van der Waals surface area contributed by atoms with Gasteiger partial charge in [0.1, 0.15) is 37.7 Å².